The fourth-order valence-electron chi connectivity index (χ4n) is 2.79. The zero-order chi connectivity index (χ0) is 17.3. The van der Waals surface area contributed by atoms with Crippen LogP contribution >= 0.6 is 0 Å². The van der Waals surface area contributed by atoms with Gasteiger partial charge in [-0.2, -0.15) is 0 Å². The number of rotatable bonds is 4. The Labute approximate surface area is 141 Å². The number of hydrogen-bond acceptors (Lipinski definition) is 4. The second-order valence-electron chi connectivity index (χ2n) is 6.56. The molecule has 3 rings (SSSR count). The lowest BCUT2D eigenvalue weighted by Crippen LogP contribution is -2.22. The second-order valence-corrected chi connectivity index (χ2v) is 6.56. The quantitative estimate of drug-likeness (QED) is 0.799. The largest absolute Gasteiger partial charge is 0.368 e. The number of nitrogen functional groups attached to an aromatic ring is 1. The maximum absolute atomic E-state index is 12.9. The highest BCUT2D eigenvalue weighted by molar-refractivity contribution is 5.84. The molecule has 0 saturated heterocycles. The Hall–Kier alpha value is -2.69. The van der Waals surface area contributed by atoms with Gasteiger partial charge in [-0.05, 0) is 48.6 Å². The Morgan fingerprint density at radius 1 is 1.25 bits per heavy atom. The molecule has 124 valence electrons. The molecule has 0 amide bonds. The first-order chi connectivity index (χ1) is 11.5. The monoisotopic (exact) mass is 322 g/mol. The zero-order valence-electron chi connectivity index (χ0n) is 14.3. The molecule has 2 aromatic heterocycles. The van der Waals surface area contributed by atoms with Crippen molar-refractivity contribution in [2.24, 2.45) is 5.92 Å². The molecule has 0 unspecified atom stereocenters. The SMILES string of the molecule is Cc1ccn(CCC(C)C)c(=O)c1-c1ccc2nc(N)ncc2c1. The number of fused-ring (bicyclic) bond motifs is 1. The normalized spacial score (nSPS) is 11.3. The van der Waals surface area contributed by atoms with Crippen LogP contribution in [0.3, 0.4) is 0 Å². The summed E-state index contributed by atoms with van der Waals surface area (Å²) in [5, 5.41) is 0.873. The smallest absolute Gasteiger partial charge is 0.258 e. The molecule has 5 heteroatoms. The van der Waals surface area contributed by atoms with Gasteiger partial charge in [-0.1, -0.05) is 19.9 Å². The lowest BCUT2D eigenvalue weighted by molar-refractivity contribution is 0.508. The Balaban J connectivity index is 2.09. The van der Waals surface area contributed by atoms with E-state index in [-0.39, 0.29) is 11.5 Å². The van der Waals surface area contributed by atoms with E-state index < -0.39 is 0 Å². The third-order valence-electron chi connectivity index (χ3n) is 4.21. The van der Waals surface area contributed by atoms with Gasteiger partial charge in [0, 0.05) is 24.3 Å². The van der Waals surface area contributed by atoms with E-state index in [0.717, 1.165) is 40.6 Å². The van der Waals surface area contributed by atoms with Gasteiger partial charge in [0.2, 0.25) is 5.95 Å². The van der Waals surface area contributed by atoms with E-state index in [9.17, 15) is 4.79 Å². The Morgan fingerprint density at radius 2 is 2.04 bits per heavy atom. The van der Waals surface area contributed by atoms with Crippen LogP contribution in [0, 0.1) is 12.8 Å². The second kappa shape index (κ2) is 6.43. The fourth-order valence-corrected chi connectivity index (χ4v) is 2.79. The first-order valence-electron chi connectivity index (χ1n) is 8.18. The predicted molar refractivity (Wildman–Crippen MR) is 97.8 cm³/mol. The van der Waals surface area contributed by atoms with Gasteiger partial charge in [-0.3, -0.25) is 4.79 Å². The molecule has 2 N–H and O–H groups in total. The van der Waals surface area contributed by atoms with Crippen molar-refractivity contribution in [2.75, 3.05) is 5.73 Å². The summed E-state index contributed by atoms with van der Waals surface area (Å²) in [6.07, 6.45) is 4.55. The highest BCUT2D eigenvalue weighted by atomic mass is 16.1. The average Bonchev–Trinajstić information content (AvgIpc) is 2.54. The van der Waals surface area contributed by atoms with Crippen LogP contribution in [0.2, 0.25) is 0 Å². The van der Waals surface area contributed by atoms with E-state index in [1.165, 1.54) is 0 Å². The minimum atomic E-state index is 0.0476. The van der Waals surface area contributed by atoms with E-state index in [0.29, 0.717) is 5.92 Å². The Morgan fingerprint density at radius 3 is 2.79 bits per heavy atom. The third-order valence-corrected chi connectivity index (χ3v) is 4.21. The molecule has 24 heavy (non-hydrogen) atoms. The first-order valence-corrected chi connectivity index (χ1v) is 8.18. The minimum Gasteiger partial charge on any atom is -0.368 e. The van der Waals surface area contributed by atoms with Crippen LogP contribution in [0.15, 0.2) is 41.5 Å². The van der Waals surface area contributed by atoms with Crippen LogP contribution < -0.4 is 11.3 Å². The maximum Gasteiger partial charge on any atom is 0.258 e. The third kappa shape index (κ3) is 3.15. The summed E-state index contributed by atoms with van der Waals surface area (Å²) in [7, 11) is 0. The maximum atomic E-state index is 12.9. The summed E-state index contributed by atoms with van der Waals surface area (Å²) < 4.78 is 1.80. The van der Waals surface area contributed by atoms with Crippen molar-refractivity contribution in [1.29, 1.82) is 0 Å². The van der Waals surface area contributed by atoms with Gasteiger partial charge < -0.3 is 10.3 Å². The zero-order valence-corrected chi connectivity index (χ0v) is 14.3. The van der Waals surface area contributed by atoms with E-state index >= 15 is 0 Å². The van der Waals surface area contributed by atoms with Gasteiger partial charge in [0.1, 0.15) is 0 Å². The lowest BCUT2D eigenvalue weighted by Gasteiger charge is -2.12. The molecular formula is C19H22N4O. The van der Waals surface area contributed by atoms with Gasteiger partial charge in [0.15, 0.2) is 0 Å². The number of aryl methyl sites for hydroxylation is 2. The van der Waals surface area contributed by atoms with Crippen molar-refractivity contribution in [1.82, 2.24) is 14.5 Å². The highest BCUT2D eigenvalue weighted by Gasteiger charge is 2.11. The van der Waals surface area contributed by atoms with Crippen LogP contribution in [-0.2, 0) is 6.54 Å². The summed E-state index contributed by atoms with van der Waals surface area (Å²) in [5.41, 5.74) is 9.04. The number of aromatic nitrogens is 3. The number of nitrogens with zero attached hydrogens (tertiary/aromatic N) is 3. The number of anilines is 1. The lowest BCUT2D eigenvalue weighted by atomic mass is 10.0. The van der Waals surface area contributed by atoms with Gasteiger partial charge in [-0.15, -0.1) is 0 Å². The summed E-state index contributed by atoms with van der Waals surface area (Å²) in [6, 6.07) is 7.75. The molecule has 0 saturated carbocycles. The number of nitrogens with two attached hydrogens (primary N) is 1. The minimum absolute atomic E-state index is 0.0476. The Kier molecular flexibility index (Phi) is 4.34. The molecule has 0 aliphatic rings. The molecule has 5 nitrogen and oxygen atoms in total. The van der Waals surface area contributed by atoms with Crippen molar-refractivity contribution in [3.8, 4) is 11.1 Å². The fraction of sp³-hybridized carbons (Fsp3) is 0.316. The van der Waals surface area contributed by atoms with Crippen LogP contribution in [0.5, 0.6) is 0 Å². The predicted octanol–water partition coefficient (Wildman–Crippen LogP) is 3.40. The van der Waals surface area contributed by atoms with Crippen LogP contribution in [-0.4, -0.2) is 14.5 Å². The van der Waals surface area contributed by atoms with Gasteiger partial charge in [-0.25, -0.2) is 9.97 Å². The molecule has 0 aliphatic carbocycles. The van der Waals surface area contributed by atoms with Crippen molar-refractivity contribution in [2.45, 2.75) is 33.7 Å². The molecular weight excluding hydrogens is 300 g/mol. The molecule has 1 aromatic carbocycles. The number of benzene rings is 1. The molecule has 0 aliphatic heterocycles. The van der Waals surface area contributed by atoms with Gasteiger partial charge in [0.25, 0.3) is 5.56 Å². The van der Waals surface area contributed by atoms with Crippen molar-refractivity contribution >= 4 is 16.9 Å². The van der Waals surface area contributed by atoms with E-state index in [2.05, 4.69) is 23.8 Å². The number of pyridine rings is 1. The molecule has 0 atom stereocenters. The highest BCUT2D eigenvalue weighted by Crippen LogP contribution is 2.23. The molecule has 0 spiro atoms. The average molecular weight is 322 g/mol. The van der Waals surface area contributed by atoms with E-state index in [1.54, 1.807) is 10.8 Å². The molecule has 0 radical (unpaired) electrons. The molecule has 3 aromatic rings. The van der Waals surface area contributed by atoms with Gasteiger partial charge >= 0.3 is 0 Å². The molecule has 0 bridgehead atoms. The van der Waals surface area contributed by atoms with Crippen molar-refractivity contribution in [3.63, 3.8) is 0 Å². The van der Waals surface area contributed by atoms with Crippen LogP contribution in [0.25, 0.3) is 22.0 Å². The van der Waals surface area contributed by atoms with Crippen molar-refractivity contribution < 1.29 is 0 Å². The van der Waals surface area contributed by atoms with Crippen molar-refractivity contribution in [3.05, 3.63) is 52.6 Å². The van der Waals surface area contributed by atoms with Gasteiger partial charge in [0.05, 0.1) is 11.1 Å². The first kappa shape index (κ1) is 16.2. The molecule has 2 heterocycles. The van der Waals surface area contributed by atoms with Crippen LogP contribution in [0.1, 0.15) is 25.8 Å². The summed E-state index contributed by atoms with van der Waals surface area (Å²) in [4.78, 5) is 21.1. The molecule has 0 fully saturated rings. The summed E-state index contributed by atoms with van der Waals surface area (Å²) in [6.45, 7) is 7.02. The number of hydrogen-bond donors (Lipinski definition) is 1. The Bertz CT molecular complexity index is 944. The van der Waals surface area contributed by atoms with E-state index in [1.807, 2.05) is 37.4 Å². The summed E-state index contributed by atoms with van der Waals surface area (Å²) in [5.74, 6) is 0.812. The van der Waals surface area contributed by atoms with Crippen LogP contribution in [0.4, 0.5) is 5.95 Å². The van der Waals surface area contributed by atoms with E-state index in [4.69, 9.17) is 5.73 Å². The topological polar surface area (TPSA) is 73.8 Å². The standard InChI is InChI=1S/C19H22N4O/c1-12(2)6-8-23-9-7-13(3)17(18(23)24)14-4-5-16-15(10-14)11-21-19(20)22-16/h4-5,7,9-12H,6,8H2,1-3H3,(H2,20,21,22). The summed E-state index contributed by atoms with van der Waals surface area (Å²) >= 11 is 0.